The molecule has 1 N–H and O–H groups in total. The SMILES string of the molecule is COc1cccc(C(=O)Nc2ccc(N3CCOCC3)cc2C(C)=O)c1OC. The Morgan fingerprint density at radius 1 is 1.04 bits per heavy atom. The van der Waals surface area contributed by atoms with Gasteiger partial charge in [-0.3, -0.25) is 9.59 Å². The molecular formula is C21H24N2O5. The zero-order valence-electron chi connectivity index (χ0n) is 16.3. The lowest BCUT2D eigenvalue weighted by molar-refractivity contribution is 0.101. The van der Waals surface area contributed by atoms with Gasteiger partial charge in [-0.1, -0.05) is 6.07 Å². The Labute approximate surface area is 164 Å². The lowest BCUT2D eigenvalue weighted by Crippen LogP contribution is -2.36. The number of methoxy groups -OCH3 is 2. The van der Waals surface area contributed by atoms with Crippen molar-refractivity contribution >= 4 is 23.1 Å². The van der Waals surface area contributed by atoms with Gasteiger partial charge in [-0.15, -0.1) is 0 Å². The largest absolute Gasteiger partial charge is 0.493 e. The first-order valence-electron chi connectivity index (χ1n) is 9.05. The lowest BCUT2D eigenvalue weighted by atomic mass is 10.1. The van der Waals surface area contributed by atoms with Crippen molar-refractivity contribution in [1.29, 1.82) is 0 Å². The van der Waals surface area contributed by atoms with Crippen LogP contribution in [0.25, 0.3) is 0 Å². The number of para-hydroxylation sites is 1. The number of carbonyl (C=O) groups excluding carboxylic acids is 2. The molecule has 1 amide bonds. The average Bonchev–Trinajstić information content (AvgIpc) is 2.73. The minimum Gasteiger partial charge on any atom is -0.493 e. The van der Waals surface area contributed by atoms with E-state index in [1.165, 1.54) is 21.1 Å². The first-order valence-corrected chi connectivity index (χ1v) is 9.05. The third-order valence-corrected chi connectivity index (χ3v) is 4.65. The van der Waals surface area contributed by atoms with Crippen molar-refractivity contribution < 1.29 is 23.8 Å². The van der Waals surface area contributed by atoms with Gasteiger partial charge in [0, 0.05) is 24.3 Å². The Balaban J connectivity index is 1.89. The van der Waals surface area contributed by atoms with Crippen LogP contribution in [0.5, 0.6) is 11.5 Å². The molecule has 0 bridgehead atoms. The van der Waals surface area contributed by atoms with Crippen LogP contribution in [-0.2, 0) is 4.74 Å². The number of morpholine rings is 1. The van der Waals surface area contributed by atoms with Gasteiger partial charge in [-0.25, -0.2) is 0 Å². The van der Waals surface area contributed by atoms with E-state index in [9.17, 15) is 9.59 Å². The molecule has 1 fully saturated rings. The minimum absolute atomic E-state index is 0.122. The van der Waals surface area contributed by atoms with Crippen LogP contribution in [0.3, 0.4) is 0 Å². The monoisotopic (exact) mass is 384 g/mol. The summed E-state index contributed by atoms with van der Waals surface area (Å²) in [5.41, 5.74) is 2.18. The van der Waals surface area contributed by atoms with Crippen LogP contribution in [0, 0.1) is 0 Å². The topological polar surface area (TPSA) is 77.1 Å². The predicted molar refractivity (Wildman–Crippen MR) is 107 cm³/mol. The molecule has 0 radical (unpaired) electrons. The number of nitrogens with one attached hydrogen (secondary N) is 1. The van der Waals surface area contributed by atoms with Crippen molar-refractivity contribution in [2.24, 2.45) is 0 Å². The number of amides is 1. The van der Waals surface area contributed by atoms with Crippen LogP contribution in [0.15, 0.2) is 36.4 Å². The number of hydrogen-bond acceptors (Lipinski definition) is 6. The minimum atomic E-state index is -0.377. The lowest BCUT2D eigenvalue weighted by Gasteiger charge is -2.29. The smallest absolute Gasteiger partial charge is 0.259 e. The van der Waals surface area contributed by atoms with E-state index in [4.69, 9.17) is 14.2 Å². The van der Waals surface area contributed by atoms with Gasteiger partial charge in [0.25, 0.3) is 5.91 Å². The molecule has 1 heterocycles. The normalized spacial score (nSPS) is 13.8. The van der Waals surface area contributed by atoms with Gasteiger partial charge >= 0.3 is 0 Å². The Bertz CT molecular complexity index is 875. The molecule has 0 aromatic heterocycles. The second-order valence-corrected chi connectivity index (χ2v) is 6.38. The number of ketones is 1. The van der Waals surface area contributed by atoms with Crippen LogP contribution in [0.1, 0.15) is 27.6 Å². The zero-order chi connectivity index (χ0) is 20.1. The van der Waals surface area contributed by atoms with Crippen molar-refractivity contribution in [1.82, 2.24) is 0 Å². The zero-order valence-corrected chi connectivity index (χ0v) is 16.3. The van der Waals surface area contributed by atoms with Crippen molar-refractivity contribution in [3.05, 3.63) is 47.5 Å². The standard InChI is InChI=1S/C21H24N2O5/c1-14(24)17-13-15(23-9-11-28-12-10-23)7-8-18(17)22-21(25)16-5-4-6-19(26-2)20(16)27-3/h4-8,13H,9-12H2,1-3H3,(H,22,25). The maximum absolute atomic E-state index is 12.8. The molecule has 7 heteroatoms. The van der Waals surface area contributed by atoms with E-state index in [1.807, 2.05) is 12.1 Å². The summed E-state index contributed by atoms with van der Waals surface area (Å²) in [6.45, 7) is 4.33. The molecule has 2 aromatic carbocycles. The van der Waals surface area contributed by atoms with Crippen LogP contribution < -0.4 is 19.7 Å². The van der Waals surface area contributed by atoms with Gasteiger partial charge in [0.2, 0.25) is 0 Å². The third-order valence-electron chi connectivity index (χ3n) is 4.65. The van der Waals surface area contributed by atoms with E-state index < -0.39 is 0 Å². The number of nitrogens with zero attached hydrogens (tertiary/aromatic N) is 1. The summed E-state index contributed by atoms with van der Waals surface area (Å²) in [4.78, 5) is 27.2. The van der Waals surface area contributed by atoms with Gasteiger partial charge in [-0.05, 0) is 37.3 Å². The van der Waals surface area contributed by atoms with Crippen LogP contribution in [-0.4, -0.2) is 52.2 Å². The van der Waals surface area contributed by atoms with E-state index in [0.29, 0.717) is 41.5 Å². The third kappa shape index (κ3) is 4.09. The van der Waals surface area contributed by atoms with Gasteiger partial charge in [0.05, 0.1) is 38.7 Å². The first kappa shape index (κ1) is 19.7. The number of ether oxygens (including phenoxy) is 3. The summed E-state index contributed by atoms with van der Waals surface area (Å²) in [7, 11) is 2.99. The summed E-state index contributed by atoms with van der Waals surface area (Å²) >= 11 is 0. The van der Waals surface area contributed by atoms with Gasteiger partial charge in [0.15, 0.2) is 17.3 Å². The second-order valence-electron chi connectivity index (χ2n) is 6.38. The molecule has 7 nitrogen and oxygen atoms in total. The maximum atomic E-state index is 12.8. The summed E-state index contributed by atoms with van der Waals surface area (Å²) in [6.07, 6.45) is 0. The quantitative estimate of drug-likeness (QED) is 0.772. The number of rotatable bonds is 6. The van der Waals surface area contributed by atoms with Crippen LogP contribution in [0.4, 0.5) is 11.4 Å². The molecule has 1 aliphatic heterocycles. The Hall–Kier alpha value is -3.06. The Morgan fingerprint density at radius 3 is 2.43 bits per heavy atom. The molecule has 1 aliphatic rings. The fourth-order valence-electron chi connectivity index (χ4n) is 3.21. The van der Waals surface area contributed by atoms with E-state index in [2.05, 4.69) is 10.2 Å². The van der Waals surface area contributed by atoms with Gasteiger partial charge in [0.1, 0.15) is 0 Å². The van der Waals surface area contributed by atoms with Crippen molar-refractivity contribution in [3.8, 4) is 11.5 Å². The summed E-state index contributed by atoms with van der Waals surface area (Å²) in [5, 5.41) is 2.83. The Kier molecular flexibility index (Phi) is 6.16. The molecule has 28 heavy (non-hydrogen) atoms. The molecule has 2 aromatic rings. The molecule has 0 saturated carbocycles. The molecule has 0 atom stereocenters. The molecule has 0 spiro atoms. The number of anilines is 2. The molecule has 3 rings (SSSR count). The number of hydrogen-bond donors (Lipinski definition) is 1. The van der Waals surface area contributed by atoms with E-state index in [0.717, 1.165) is 18.8 Å². The molecule has 1 saturated heterocycles. The van der Waals surface area contributed by atoms with Crippen LogP contribution >= 0.6 is 0 Å². The van der Waals surface area contributed by atoms with Crippen molar-refractivity contribution in [2.75, 3.05) is 50.7 Å². The molecule has 0 aliphatic carbocycles. The van der Waals surface area contributed by atoms with Gasteiger partial charge in [-0.2, -0.15) is 0 Å². The highest BCUT2D eigenvalue weighted by molar-refractivity contribution is 6.10. The highest BCUT2D eigenvalue weighted by Crippen LogP contribution is 2.32. The van der Waals surface area contributed by atoms with Crippen LogP contribution in [0.2, 0.25) is 0 Å². The first-order chi connectivity index (χ1) is 13.5. The molecular weight excluding hydrogens is 360 g/mol. The molecule has 148 valence electrons. The predicted octanol–water partition coefficient (Wildman–Crippen LogP) is 3.00. The fraction of sp³-hybridized carbons (Fsp3) is 0.333. The highest BCUT2D eigenvalue weighted by Gasteiger charge is 2.20. The van der Waals surface area contributed by atoms with Crippen molar-refractivity contribution in [2.45, 2.75) is 6.92 Å². The van der Waals surface area contributed by atoms with E-state index in [-0.39, 0.29) is 11.7 Å². The summed E-state index contributed by atoms with van der Waals surface area (Å²) in [6, 6.07) is 10.5. The summed E-state index contributed by atoms with van der Waals surface area (Å²) < 4.78 is 16.0. The fourth-order valence-corrected chi connectivity index (χ4v) is 3.21. The highest BCUT2D eigenvalue weighted by atomic mass is 16.5. The molecule has 0 unspecified atom stereocenters. The average molecular weight is 384 g/mol. The Morgan fingerprint density at radius 2 is 1.79 bits per heavy atom. The maximum Gasteiger partial charge on any atom is 0.259 e. The van der Waals surface area contributed by atoms with E-state index in [1.54, 1.807) is 24.3 Å². The van der Waals surface area contributed by atoms with E-state index >= 15 is 0 Å². The van der Waals surface area contributed by atoms with Gasteiger partial charge < -0.3 is 24.4 Å². The number of Topliss-reactive ketones (excluding diaryl/α,β-unsaturated/α-hetero) is 1. The summed E-state index contributed by atoms with van der Waals surface area (Å²) in [5.74, 6) is 0.307. The number of carbonyl (C=O) groups is 2. The number of benzene rings is 2. The second kappa shape index (κ2) is 8.75. The van der Waals surface area contributed by atoms with Crippen molar-refractivity contribution in [3.63, 3.8) is 0 Å².